The molecule has 3 nitrogen and oxygen atoms in total. The lowest BCUT2D eigenvalue weighted by molar-refractivity contribution is 0.354. The Hall–Kier alpha value is -0.930. The lowest BCUT2D eigenvalue weighted by Gasteiger charge is -2.10. The first-order chi connectivity index (χ1) is 8.81. The Morgan fingerprint density at radius 2 is 1.83 bits per heavy atom. The molecule has 18 heavy (non-hydrogen) atoms. The Morgan fingerprint density at radius 3 is 2.50 bits per heavy atom. The molecule has 4 heteroatoms. The number of hydrogen-bond donors (Lipinski definition) is 1. The third-order valence-corrected chi connectivity index (χ3v) is 3.03. The van der Waals surface area contributed by atoms with Gasteiger partial charge in [0.15, 0.2) is 11.5 Å². The van der Waals surface area contributed by atoms with E-state index in [0.717, 1.165) is 36.9 Å². The molecule has 0 aliphatic rings. The van der Waals surface area contributed by atoms with Crippen molar-refractivity contribution in [1.82, 2.24) is 5.32 Å². The number of ether oxygens (including phenoxy) is 2. The van der Waals surface area contributed by atoms with Gasteiger partial charge in [-0.3, -0.25) is 0 Å². The molecule has 102 valence electrons. The molecular formula is C14H22ClNO2. The SMILES string of the molecule is COc1ccc(CNCCCCCCl)cc1OC. The van der Waals surface area contributed by atoms with Crippen molar-refractivity contribution in [2.75, 3.05) is 26.6 Å². The first-order valence-electron chi connectivity index (χ1n) is 6.29. The summed E-state index contributed by atoms with van der Waals surface area (Å²) in [6.07, 6.45) is 3.45. The molecule has 1 N–H and O–H groups in total. The third kappa shape index (κ3) is 5.15. The van der Waals surface area contributed by atoms with E-state index in [1.807, 2.05) is 18.2 Å². The summed E-state index contributed by atoms with van der Waals surface area (Å²) in [7, 11) is 3.30. The highest BCUT2D eigenvalue weighted by Gasteiger charge is 2.03. The Morgan fingerprint density at radius 1 is 1.06 bits per heavy atom. The van der Waals surface area contributed by atoms with Crippen LogP contribution in [-0.2, 0) is 6.54 Å². The summed E-state index contributed by atoms with van der Waals surface area (Å²) >= 11 is 5.63. The van der Waals surface area contributed by atoms with E-state index in [-0.39, 0.29) is 0 Å². The van der Waals surface area contributed by atoms with Crippen molar-refractivity contribution >= 4 is 11.6 Å². The summed E-state index contributed by atoms with van der Waals surface area (Å²) in [5.41, 5.74) is 1.20. The van der Waals surface area contributed by atoms with E-state index in [1.165, 1.54) is 18.4 Å². The summed E-state index contributed by atoms with van der Waals surface area (Å²) in [4.78, 5) is 0. The van der Waals surface area contributed by atoms with Gasteiger partial charge in [-0.15, -0.1) is 11.6 Å². The van der Waals surface area contributed by atoms with Gasteiger partial charge in [-0.2, -0.15) is 0 Å². The Labute approximate surface area is 114 Å². The highest BCUT2D eigenvalue weighted by molar-refractivity contribution is 6.17. The fourth-order valence-corrected chi connectivity index (χ4v) is 1.93. The zero-order chi connectivity index (χ0) is 13.2. The molecular weight excluding hydrogens is 250 g/mol. The summed E-state index contributed by atoms with van der Waals surface area (Å²) < 4.78 is 10.5. The topological polar surface area (TPSA) is 30.5 Å². The van der Waals surface area contributed by atoms with Gasteiger partial charge >= 0.3 is 0 Å². The molecule has 0 aliphatic carbocycles. The molecule has 0 unspecified atom stereocenters. The average Bonchev–Trinajstić information content (AvgIpc) is 2.42. The highest BCUT2D eigenvalue weighted by atomic mass is 35.5. The van der Waals surface area contributed by atoms with Crippen LogP contribution in [0, 0.1) is 0 Å². The molecule has 0 aliphatic heterocycles. The lowest BCUT2D eigenvalue weighted by atomic mass is 10.2. The van der Waals surface area contributed by atoms with Gasteiger partial charge in [0.05, 0.1) is 14.2 Å². The molecule has 1 aromatic rings. The lowest BCUT2D eigenvalue weighted by Crippen LogP contribution is -2.14. The van der Waals surface area contributed by atoms with E-state index in [4.69, 9.17) is 21.1 Å². The van der Waals surface area contributed by atoms with Gasteiger partial charge in [-0.25, -0.2) is 0 Å². The van der Waals surface area contributed by atoms with E-state index >= 15 is 0 Å². The standard InChI is InChI=1S/C14H22ClNO2/c1-17-13-7-6-12(10-14(13)18-2)11-16-9-5-3-4-8-15/h6-7,10,16H,3-5,8-9,11H2,1-2H3. The van der Waals surface area contributed by atoms with Gasteiger partial charge in [0.2, 0.25) is 0 Å². The minimum atomic E-state index is 0.760. The predicted octanol–water partition coefficient (Wildman–Crippen LogP) is 3.20. The van der Waals surface area contributed by atoms with Crippen molar-refractivity contribution in [3.8, 4) is 11.5 Å². The normalized spacial score (nSPS) is 10.4. The molecule has 0 spiro atoms. The molecule has 1 rings (SSSR count). The number of nitrogens with one attached hydrogen (secondary N) is 1. The molecule has 0 fully saturated rings. The third-order valence-electron chi connectivity index (χ3n) is 2.76. The number of hydrogen-bond acceptors (Lipinski definition) is 3. The largest absolute Gasteiger partial charge is 0.493 e. The fraction of sp³-hybridized carbons (Fsp3) is 0.571. The summed E-state index contributed by atoms with van der Waals surface area (Å²) in [6, 6.07) is 5.99. The molecule has 0 heterocycles. The molecule has 0 aromatic heterocycles. The van der Waals surface area contributed by atoms with Crippen LogP contribution in [0.4, 0.5) is 0 Å². The Bertz CT molecular complexity index is 345. The van der Waals surface area contributed by atoms with Crippen LogP contribution in [0.3, 0.4) is 0 Å². The maximum atomic E-state index is 5.63. The first kappa shape index (κ1) is 15.1. The van der Waals surface area contributed by atoms with Crippen LogP contribution < -0.4 is 14.8 Å². The zero-order valence-corrected chi connectivity index (χ0v) is 11.9. The van der Waals surface area contributed by atoms with Gasteiger partial charge in [0.25, 0.3) is 0 Å². The van der Waals surface area contributed by atoms with Gasteiger partial charge in [0, 0.05) is 12.4 Å². The van der Waals surface area contributed by atoms with Crippen LogP contribution in [0.25, 0.3) is 0 Å². The monoisotopic (exact) mass is 271 g/mol. The van der Waals surface area contributed by atoms with Crippen molar-refractivity contribution < 1.29 is 9.47 Å². The molecule has 0 amide bonds. The van der Waals surface area contributed by atoms with E-state index in [1.54, 1.807) is 14.2 Å². The minimum Gasteiger partial charge on any atom is -0.493 e. The molecule has 0 radical (unpaired) electrons. The maximum Gasteiger partial charge on any atom is 0.161 e. The van der Waals surface area contributed by atoms with Crippen molar-refractivity contribution in [3.63, 3.8) is 0 Å². The number of methoxy groups -OCH3 is 2. The maximum absolute atomic E-state index is 5.63. The Balaban J connectivity index is 2.34. The molecule has 0 atom stereocenters. The van der Waals surface area contributed by atoms with Crippen LogP contribution in [0.1, 0.15) is 24.8 Å². The molecule has 0 saturated carbocycles. The Kier molecular flexibility index (Phi) is 7.62. The van der Waals surface area contributed by atoms with Crippen molar-refractivity contribution in [1.29, 1.82) is 0 Å². The van der Waals surface area contributed by atoms with Crippen LogP contribution in [-0.4, -0.2) is 26.6 Å². The van der Waals surface area contributed by atoms with E-state index in [0.29, 0.717) is 0 Å². The van der Waals surface area contributed by atoms with E-state index in [2.05, 4.69) is 5.32 Å². The first-order valence-corrected chi connectivity index (χ1v) is 6.83. The summed E-state index contributed by atoms with van der Waals surface area (Å²) in [6.45, 7) is 1.87. The van der Waals surface area contributed by atoms with Gasteiger partial charge in [-0.05, 0) is 37.1 Å². The number of alkyl halides is 1. The zero-order valence-electron chi connectivity index (χ0n) is 11.2. The number of halogens is 1. The van der Waals surface area contributed by atoms with E-state index < -0.39 is 0 Å². The van der Waals surface area contributed by atoms with Crippen molar-refractivity contribution in [2.24, 2.45) is 0 Å². The fourth-order valence-electron chi connectivity index (χ4n) is 1.74. The second-order valence-electron chi connectivity index (χ2n) is 4.12. The van der Waals surface area contributed by atoms with Gasteiger partial charge in [0.1, 0.15) is 0 Å². The molecule has 0 saturated heterocycles. The molecule has 1 aromatic carbocycles. The number of rotatable bonds is 9. The predicted molar refractivity (Wildman–Crippen MR) is 75.8 cm³/mol. The second kappa shape index (κ2) is 9.06. The van der Waals surface area contributed by atoms with Crippen LogP contribution in [0.2, 0.25) is 0 Å². The van der Waals surface area contributed by atoms with Crippen molar-refractivity contribution in [2.45, 2.75) is 25.8 Å². The van der Waals surface area contributed by atoms with E-state index in [9.17, 15) is 0 Å². The van der Waals surface area contributed by atoms with Gasteiger partial charge in [-0.1, -0.05) is 12.5 Å². The summed E-state index contributed by atoms with van der Waals surface area (Å²) in [5.74, 6) is 2.30. The average molecular weight is 272 g/mol. The van der Waals surface area contributed by atoms with Crippen LogP contribution in [0.15, 0.2) is 18.2 Å². The van der Waals surface area contributed by atoms with Crippen LogP contribution in [0.5, 0.6) is 11.5 Å². The van der Waals surface area contributed by atoms with Gasteiger partial charge < -0.3 is 14.8 Å². The number of benzene rings is 1. The van der Waals surface area contributed by atoms with Crippen molar-refractivity contribution in [3.05, 3.63) is 23.8 Å². The smallest absolute Gasteiger partial charge is 0.161 e. The highest BCUT2D eigenvalue weighted by Crippen LogP contribution is 2.27. The number of unbranched alkanes of at least 4 members (excludes halogenated alkanes) is 2. The second-order valence-corrected chi connectivity index (χ2v) is 4.49. The quantitative estimate of drug-likeness (QED) is 0.553. The summed E-state index contributed by atoms with van der Waals surface area (Å²) in [5, 5.41) is 3.41. The van der Waals surface area contributed by atoms with Crippen LogP contribution >= 0.6 is 11.6 Å². The molecule has 0 bridgehead atoms. The minimum absolute atomic E-state index is 0.760.